The molecule has 2 heterocycles. The van der Waals surface area contributed by atoms with Crippen LogP contribution in [0.1, 0.15) is 0 Å². The van der Waals surface area contributed by atoms with Crippen molar-refractivity contribution in [1.29, 1.82) is 0 Å². The molecule has 2 nitrogen and oxygen atoms in total. The number of aromatic nitrogens is 2. The van der Waals surface area contributed by atoms with Crippen molar-refractivity contribution in [2.75, 3.05) is 0 Å². The molecule has 0 bridgehead atoms. The standard InChI is InChI=1S/C50H32N2/c1-3-11-33(12-4-1)38-21-27-43-44-31-37(24-28-45(44)51(48(43)32-38)39-15-5-2-6-16-39)34-19-25-40(26-20-34)52-46-29-22-35-13-7-9-17-41(35)49(46)50-42-18-10-8-14-36(42)23-30-47(50)52/h1-32H. The molecular formula is C50H32N2. The minimum Gasteiger partial charge on any atom is -0.309 e. The van der Waals surface area contributed by atoms with Gasteiger partial charge in [-0.1, -0.05) is 140 Å². The van der Waals surface area contributed by atoms with Crippen LogP contribution in [0.25, 0.3) is 98.8 Å². The van der Waals surface area contributed by atoms with Gasteiger partial charge in [0.05, 0.1) is 22.1 Å². The normalized spacial score (nSPS) is 11.8. The maximum Gasteiger partial charge on any atom is 0.0547 e. The molecule has 0 aliphatic rings. The first kappa shape index (κ1) is 28.9. The first-order valence-corrected chi connectivity index (χ1v) is 17.9. The fourth-order valence-electron chi connectivity index (χ4n) is 8.50. The van der Waals surface area contributed by atoms with Gasteiger partial charge in [0.1, 0.15) is 0 Å². The lowest BCUT2D eigenvalue weighted by Gasteiger charge is -2.11. The number of hydrogen-bond donors (Lipinski definition) is 0. The number of para-hydroxylation sites is 1. The molecule has 0 aliphatic carbocycles. The molecule has 11 aromatic rings. The van der Waals surface area contributed by atoms with E-state index in [4.69, 9.17) is 0 Å². The largest absolute Gasteiger partial charge is 0.309 e. The van der Waals surface area contributed by atoms with Gasteiger partial charge in [0.25, 0.3) is 0 Å². The van der Waals surface area contributed by atoms with E-state index in [0.29, 0.717) is 0 Å². The molecule has 0 N–H and O–H groups in total. The zero-order chi connectivity index (χ0) is 34.2. The molecular weight excluding hydrogens is 629 g/mol. The quantitative estimate of drug-likeness (QED) is 0.178. The van der Waals surface area contributed by atoms with Gasteiger partial charge in [0.15, 0.2) is 0 Å². The lowest BCUT2D eigenvalue weighted by molar-refractivity contribution is 1.18. The number of fused-ring (bicyclic) bond motifs is 10. The second kappa shape index (κ2) is 11.3. The highest BCUT2D eigenvalue weighted by Crippen LogP contribution is 2.41. The molecule has 0 unspecified atom stereocenters. The van der Waals surface area contributed by atoms with Crippen LogP contribution in [0.3, 0.4) is 0 Å². The molecule has 0 atom stereocenters. The van der Waals surface area contributed by atoms with E-state index in [0.717, 1.165) is 11.4 Å². The molecule has 2 heteroatoms. The topological polar surface area (TPSA) is 9.86 Å². The Labute approximate surface area is 301 Å². The first-order valence-electron chi connectivity index (χ1n) is 17.9. The summed E-state index contributed by atoms with van der Waals surface area (Å²) in [6.07, 6.45) is 0. The van der Waals surface area contributed by atoms with E-state index in [1.807, 2.05) is 0 Å². The number of benzene rings is 9. The van der Waals surface area contributed by atoms with E-state index in [1.54, 1.807) is 0 Å². The maximum absolute atomic E-state index is 2.44. The van der Waals surface area contributed by atoms with Gasteiger partial charge in [-0.2, -0.15) is 0 Å². The zero-order valence-electron chi connectivity index (χ0n) is 28.4. The Kier molecular flexibility index (Phi) is 6.28. The molecule has 242 valence electrons. The van der Waals surface area contributed by atoms with Gasteiger partial charge in [0.2, 0.25) is 0 Å². The highest BCUT2D eigenvalue weighted by Gasteiger charge is 2.18. The fraction of sp³-hybridized carbons (Fsp3) is 0. The zero-order valence-corrected chi connectivity index (χ0v) is 28.4. The SMILES string of the molecule is c1ccc(-c2ccc3c4cc(-c5ccc(-n6c7ccc8ccccc8c7c7c8ccccc8ccc76)cc5)ccc4n(-c4ccccc4)c3c2)cc1. The summed E-state index contributed by atoms with van der Waals surface area (Å²) in [5, 5.41) is 10.2. The molecule has 0 aliphatic heterocycles. The minimum atomic E-state index is 1.16. The smallest absolute Gasteiger partial charge is 0.0547 e. The molecule has 0 saturated heterocycles. The number of nitrogens with zero attached hydrogens (tertiary/aromatic N) is 2. The Morgan fingerprint density at radius 2 is 0.731 bits per heavy atom. The summed E-state index contributed by atoms with van der Waals surface area (Å²) in [4.78, 5) is 0. The molecule has 0 fully saturated rings. The highest BCUT2D eigenvalue weighted by atomic mass is 15.0. The van der Waals surface area contributed by atoms with Crippen molar-refractivity contribution < 1.29 is 0 Å². The van der Waals surface area contributed by atoms with Crippen molar-refractivity contribution in [2.45, 2.75) is 0 Å². The Morgan fingerprint density at radius 3 is 1.40 bits per heavy atom. The van der Waals surface area contributed by atoms with Crippen LogP contribution in [0.5, 0.6) is 0 Å². The van der Waals surface area contributed by atoms with Gasteiger partial charge in [-0.05, 0) is 98.4 Å². The van der Waals surface area contributed by atoms with Crippen molar-refractivity contribution in [3.05, 3.63) is 194 Å². The number of hydrogen-bond acceptors (Lipinski definition) is 0. The average Bonchev–Trinajstić information content (AvgIpc) is 3.74. The van der Waals surface area contributed by atoms with Crippen LogP contribution < -0.4 is 0 Å². The van der Waals surface area contributed by atoms with Crippen LogP contribution in [0.2, 0.25) is 0 Å². The molecule has 0 amide bonds. The van der Waals surface area contributed by atoms with Gasteiger partial charge >= 0.3 is 0 Å². The molecule has 9 aromatic carbocycles. The van der Waals surface area contributed by atoms with Crippen molar-refractivity contribution in [1.82, 2.24) is 9.13 Å². The summed E-state index contributed by atoms with van der Waals surface area (Å²) in [5.41, 5.74) is 12.0. The summed E-state index contributed by atoms with van der Waals surface area (Å²) in [6.45, 7) is 0. The molecule has 0 radical (unpaired) electrons. The van der Waals surface area contributed by atoms with Gasteiger partial charge in [-0.15, -0.1) is 0 Å². The third kappa shape index (κ3) is 4.31. The maximum atomic E-state index is 2.44. The third-order valence-electron chi connectivity index (χ3n) is 10.9. The Morgan fingerprint density at radius 1 is 0.250 bits per heavy atom. The van der Waals surface area contributed by atoms with Gasteiger partial charge < -0.3 is 9.13 Å². The Bertz CT molecular complexity index is 3050. The fourth-order valence-corrected chi connectivity index (χ4v) is 8.50. The lowest BCUT2D eigenvalue weighted by Crippen LogP contribution is -1.94. The van der Waals surface area contributed by atoms with Crippen LogP contribution in [-0.4, -0.2) is 9.13 Å². The lowest BCUT2D eigenvalue weighted by atomic mass is 10.00. The molecule has 0 spiro atoms. The molecule has 2 aromatic heterocycles. The van der Waals surface area contributed by atoms with Crippen molar-refractivity contribution in [2.24, 2.45) is 0 Å². The second-order valence-electron chi connectivity index (χ2n) is 13.7. The highest BCUT2D eigenvalue weighted by molar-refractivity contribution is 6.28. The van der Waals surface area contributed by atoms with Crippen LogP contribution >= 0.6 is 0 Å². The van der Waals surface area contributed by atoms with E-state index in [9.17, 15) is 0 Å². The predicted molar refractivity (Wildman–Crippen MR) is 221 cm³/mol. The second-order valence-corrected chi connectivity index (χ2v) is 13.7. The van der Waals surface area contributed by atoms with E-state index >= 15 is 0 Å². The predicted octanol–water partition coefficient (Wildman–Crippen LogP) is 13.5. The molecule has 52 heavy (non-hydrogen) atoms. The summed E-state index contributed by atoms with van der Waals surface area (Å²) in [5.74, 6) is 0. The van der Waals surface area contributed by atoms with Crippen LogP contribution in [0.15, 0.2) is 194 Å². The summed E-state index contributed by atoms with van der Waals surface area (Å²) < 4.78 is 4.84. The Balaban J connectivity index is 1.08. The average molecular weight is 661 g/mol. The van der Waals surface area contributed by atoms with Gasteiger partial charge in [-0.25, -0.2) is 0 Å². The summed E-state index contributed by atoms with van der Waals surface area (Å²) >= 11 is 0. The molecule has 11 rings (SSSR count). The van der Waals surface area contributed by atoms with Crippen LogP contribution in [0.4, 0.5) is 0 Å². The van der Waals surface area contributed by atoms with Gasteiger partial charge in [0, 0.05) is 32.9 Å². The number of rotatable bonds is 4. The van der Waals surface area contributed by atoms with Crippen LogP contribution in [-0.2, 0) is 0 Å². The third-order valence-corrected chi connectivity index (χ3v) is 10.9. The van der Waals surface area contributed by atoms with E-state index in [-0.39, 0.29) is 0 Å². The van der Waals surface area contributed by atoms with Crippen molar-refractivity contribution in [3.63, 3.8) is 0 Å². The van der Waals surface area contributed by atoms with E-state index < -0.39 is 0 Å². The first-order chi connectivity index (χ1) is 25.8. The summed E-state index contributed by atoms with van der Waals surface area (Å²) in [6, 6.07) is 70.9. The van der Waals surface area contributed by atoms with E-state index in [2.05, 4.69) is 203 Å². The Hall–Kier alpha value is -6.90. The van der Waals surface area contributed by atoms with Gasteiger partial charge in [-0.3, -0.25) is 0 Å². The van der Waals surface area contributed by atoms with E-state index in [1.165, 1.54) is 87.4 Å². The van der Waals surface area contributed by atoms with Crippen molar-refractivity contribution >= 4 is 65.2 Å². The van der Waals surface area contributed by atoms with Crippen molar-refractivity contribution in [3.8, 4) is 33.6 Å². The van der Waals surface area contributed by atoms with Crippen LogP contribution in [0, 0.1) is 0 Å². The minimum absolute atomic E-state index is 1.16. The monoisotopic (exact) mass is 660 g/mol. The summed E-state index contributed by atoms with van der Waals surface area (Å²) in [7, 11) is 0. The molecule has 0 saturated carbocycles.